The maximum Gasteiger partial charge on any atom is 0.264 e. The van der Waals surface area contributed by atoms with E-state index < -0.39 is 22.5 Å². The molecule has 4 aromatic carbocycles. The van der Waals surface area contributed by atoms with Crippen LogP contribution in [0.15, 0.2) is 102 Å². The summed E-state index contributed by atoms with van der Waals surface area (Å²) in [6.07, 6.45) is 0.650. The Morgan fingerprint density at radius 2 is 1.59 bits per heavy atom. The fraction of sp³-hybridized carbons (Fsp3) is 0.161. The molecule has 2 amide bonds. The van der Waals surface area contributed by atoms with Crippen molar-refractivity contribution in [3.05, 3.63) is 119 Å². The minimum absolute atomic E-state index is 0.0148. The zero-order valence-electron chi connectivity index (χ0n) is 22.6. The van der Waals surface area contributed by atoms with Gasteiger partial charge in [-0.25, -0.2) is 8.42 Å². The first-order valence-corrected chi connectivity index (χ1v) is 14.6. The number of methoxy groups -OCH3 is 1. The molecule has 0 saturated carbocycles. The molecule has 4 aromatic rings. The number of ether oxygens (including phenoxy) is 1. The van der Waals surface area contributed by atoms with E-state index in [0.717, 1.165) is 15.4 Å². The molecule has 0 fully saturated rings. The SMILES string of the molecule is COc1ccc(N(CC(=O)Nc2ccccc2C(=O)NCCc2ccccc2)S(=O)(=O)c2ccc(C)cc2)cc1Cl. The number of carbonyl (C=O) groups excluding carboxylic acids is 2. The number of nitrogens with zero attached hydrogens (tertiary/aromatic N) is 1. The van der Waals surface area contributed by atoms with Crippen molar-refractivity contribution in [2.75, 3.05) is 29.8 Å². The van der Waals surface area contributed by atoms with Crippen LogP contribution in [0.25, 0.3) is 0 Å². The summed E-state index contributed by atoms with van der Waals surface area (Å²) < 4.78 is 33.6. The lowest BCUT2D eigenvalue weighted by molar-refractivity contribution is -0.114. The number of benzene rings is 4. The number of nitrogens with one attached hydrogen (secondary N) is 2. The standard InChI is InChI=1S/C31H30ClN3O5S/c1-22-12-15-25(16-13-22)41(38,39)35(24-14-17-29(40-2)27(32)20-24)21-30(36)34-28-11-7-6-10-26(28)31(37)33-19-18-23-8-4-3-5-9-23/h3-17,20H,18-19,21H2,1-2H3,(H,33,37)(H,34,36). The number of halogens is 1. The van der Waals surface area contributed by atoms with Crippen LogP contribution in [0.4, 0.5) is 11.4 Å². The van der Waals surface area contributed by atoms with Crippen LogP contribution in [0.2, 0.25) is 5.02 Å². The molecule has 0 aliphatic heterocycles. The first-order valence-electron chi connectivity index (χ1n) is 12.8. The molecule has 4 rings (SSSR count). The molecule has 0 spiro atoms. The smallest absolute Gasteiger partial charge is 0.264 e. The van der Waals surface area contributed by atoms with Crippen LogP contribution in [0.3, 0.4) is 0 Å². The molecule has 41 heavy (non-hydrogen) atoms. The molecule has 0 atom stereocenters. The highest BCUT2D eigenvalue weighted by molar-refractivity contribution is 7.92. The largest absolute Gasteiger partial charge is 0.495 e. The Morgan fingerprint density at radius 1 is 0.902 bits per heavy atom. The number of sulfonamides is 1. The van der Waals surface area contributed by atoms with E-state index in [1.165, 1.54) is 37.4 Å². The van der Waals surface area contributed by atoms with Gasteiger partial charge in [0.15, 0.2) is 0 Å². The molecule has 0 aliphatic carbocycles. The van der Waals surface area contributed by atoms with E-state index in [9.17, 15) is 18.0 Å². The molecule has 0 heterocycles. The Bertz CT molecular complexity index is 1630. The van der Waals surface area contributed by atoms with Gasteiger partial charge in [0.25, 0.3) is 15.9 Å². The molecule has 0 radical (unpaired) electrons. The predicted octanol–water partition coefficient (Wildman–Crippen LogP) is 5.46. The number of hydrogen-bond donors (Lipinski definition) is 2. The van der Waals surface area contributed by atoms with Gasteiger partial charge in [-0.2, -0.15) is 0 Å². The second kappa shape index (κ2) is 13.3. The zero-order valence-corrected chi connectivity index (χ0v) is 24.2. The monoisotopic (exact) mass is 591 g/mol. The van der Waals surface area contributed by atoms with E-state index in [2.05, 4.69) is 10.6 Å². The Morgan fingerprint density at radius 3 is 2.27 bits per heavy atom. The van der Waals surface area contributed by atoms with Crippen molar-refractivity contribution in [3.63, 3.8) is 0 Å². The molecule has 0 aromatic heterocycles. The molecule has 10 heteroatoms. The van der Waals surface area contributed by atoms with Gasteiger partial charge in [-0.15, -0.1) is 0 Å². The van der Waals surface area contributed by atoms with Crippen molar-refractivity contribution in [1.29, 1.82) is 0 Å². The van der Waals surface area contributed by atoms with Gasteiger partial charge in [0, 0.05) is 6.54 Å². The molecule has 8 nitrogen and oxygen atoms in total. The van der Waals surface area contributed by atoms with Gasteiger partial charge < -0.3 is 15.4 Å². The molecular weight excluding hydrogens is 562 g/mol. The van der Waals surface area contributed by atoms with Gasteiger partial charge in [0.1, 0.15) is 12.3 Å². The highest BCUT2D eigenvalue weighted by Crippen LogP contribution is 2.32. The van der Waals surface area contributed by atoms with Gasteiger partial charge in [0.2, 0.25) is 5.91 Å². The van der Waals surface area contributed by atoms with Crippen LogP contribution in [0, 0.1) is 6.92 Å². The third-order valence-corrected chi connectivity index (χ3v) is 8.39. The Hall–Kier alpha value is -4.34. The van der Waals surface area contributed by atoms with Crippen LogP contribution >= 0.6 is 11.6 Å². The van der Waals surface area contributed by atoms with Crippen LogP contribution < -0.4 is 19.7 Å². The van der Waals surface area contributed by atoms with Crippen LogP contribution in [0.5, 0.6) is 5.75 Å². The van der Waals surface area contributed by atoms with E-state index in [-0.39, 0.29) is 32.8 Å². The lowest BCUT2D eigenvalue weighted by Crippen LogP contribution is -2.38. The Kier molecular flexibility index (Phi) is 9.65. The lowest BCUT2D eigenvalue weighted by Gasteiger charge is -2.25. The summed E-state index contributed by atoms with van der Waals surface area (Å²) in [4.78, 5) is 26.3. The zero-order chi connectivity index (χ0) is 29.4. The normalized spacial score (nSPS) is 11.0. The summed E-state index contributed by atoms with van der Waals surface area (Å²) >= 11 is 6.30. The maximum atomic E-state index is 13.7. The summed E-state index contributed by atoms with van der Waals surface area (Å²) in [6, 6.07) is 27.1. The quantitative estimate of drug-likeness (QED) is 0.241. The topological polar surface area (TPSA) is 105 Å². The fourth-order valence-corrected chi connectivity index (χ4v) is 5.80. The first-order chi connectivity index (χ1) is 19.7. The Balaban J connectivity index is 1.55. The first kappa shape index (κ1) is 29.6. The maximum absolute atomic E-state index is 13.7. The van der Waals surface area contributed by atoms with E-state index in [4.69, 9.17) is 16.3 Å². The van der Waals surface area contributed by atoms with E-state index in [0.29, 0.717) is 18.7 Å². The summed E-state index contributed by atoms with van der Waals surface area (Å²) in [5.41, 5.74) is 2.67. The van der Waals surface area contributed by atoms with Crippen molar-refractivity contribution in [3.8, 4) is 5.75 Å². The number of rotatable bonds is 11. The molecule has 0 aliphatic rings. The highest BCUT2D eigenvalue weighted by atomic mass is 35.5. The average Bonchev–Trinajstić information content (AvgIpc) is 2.97. The minimum atomic E-state index is -4.17. The van der Waals surface area contributed by atoms with Crippen LogP contribution in [-0.2, 0) is 21.2 Å². The Labute approximate surface area is 245 Å². The summed E-state index contributed by atoms with van der Waals surface area (Å²) in [7, 11) is -2.72. The van der Waals surface area contributed by atoms with Crippen molar-refractivity contribution >= 4 is 44.8 Å². The van der Waals surface area contributed by atoms with Gasteiger partial charge in [-0.1, -0.05) is 71.8 Å². The summed E-state index contributed by atoms with van der Waals surface area (Å²) in [5.74, 6) is -0.639. The number of hydrogen-bond acceptors (Lipinski definition) is 5. The minimum Gasteiger partial charge on any atom is -0.495 e. The van der Waals surface area contributed by atoms with Crippen LogP contribution in [-0.4, -0.2) is 40.4 Å². The molecular formula is C31H30ClN3O5S. The van der Waals surface area contributed by atoms with E-state index >= 15 is 0 Å². The molecule has 212 valence electrons. The molecule has 0 bridgehead atoms. The van der Waals surface area contributed by atoms with Crippen LogP contribution in [0.1, 0.15) is 21.5 Å². The molecule has 2 N–H and O–H groups in total. The number of carbonyl (C=O) groups is 2. The van der Waals surface area contributed by atoms with Crippen molar-refractivity contribution < 1.29 is 22.7 Å². The van der Waals surface area contributed by atoms with Gasteiger partial charge >= 0.3 is 0 Å². The van der Waals surface area contributed by atoms with Crippen molar-refractivity contribution in [1.82, 2.24) is 5.32 Å². The average molecular weight is 592 g/mol. The third kappa shape index (κ3) is 7.45. The van der Waals surface area contributed by atoms with E-state index in [1.54, 1.807) is 36.4 Å². The van der Waals surface area contributed by atoms with Crippen molar-refractivity contribution in [2.24, 2.45) is 0 Å². The second-order valence-corrected chi connectivity index (χ2v) is 11.5. The number of anilines is 2. The van der Waals surface area contributed by atoms with Gasteiger partial charge in [-0.3, -0.25) is 13.9 Å². The van der Waals surface area contributed by atoms with Gasteiger partial charge in [-0.05, 0) is 61.4 Å². The second-order valence-electron chi connectivity index (χ2n) is 9.23. The summed E-state index contributed by atoms with van der Waals surface area (Å²) in [5, 5.41) is 5.77. The van der Waals surface area contributed by atoms with E-state index in [1.807, 2.05) is 37.3 Å². The highest BCUT2D eigenvalue weighted by Gasteiger charge is 2.28. The van der Waals surface area contributed by atoms with Gasteiger partial charge in [0.05, 0.1) is 34.0 Å². The third-order valence-electron chi connectivity index (χ3n) is 6.31. The molecule has 0 saturated heterocycles. The fourth-order valence-electron chi connectivity index (χ4n) is 4.13. The number of para-hydroxylation sites is 1. The lowest BCUT2D eigenvalue weighted by atomic mass is 10.1. The number of aryl methyl sites for hydroxylation is 1. The predicted molar refractivity (Wildman–Crippen MR) is 161 cm³/mol. The van der Waals surface area contributed by atoms with Crippen molar-refractivity contribution in [2.45, 2.75) is 18.2 Å². The number of amides is 2. The summed E-state index contributed by atoms with van der Waals surface area (Å²) in [6.45, 7) is 1.69. The molecule has 0 unspecified atom stereocenters.